The Balaban J connectivity index is 3.23. The van der Waals surface area contributed by atoms with Gasteiger partial charge >= 0.3 is 5.97 Å². The summed E-state index contributed by atoms with van der Waals surface area (Å²) in [5.74, 6) is -1.02. The standard InChI is InChI=1S/C9H8N2O2/c1-10-7-4-3-6(9(12)13)5-8(7)11-2/h3-5,10H,1H3,(H,12,13). The van der Waals surface area contributed by atoms with Crippen LogP contribution in [-0.2, 0) is 0 Å². The summed E-state index contributed by atoms with van der Waals surface area (Å²) in [5.41, 5.74) is 1.09. The lowest BCUT2D eigenvalue weighted by molar-refractivity contribution is 0.0697. The highest BCUT2D eigenvalue weighted by Gasteiger charge is 2.06. The van der Waals surface area contributed by atoms with Crippen LogP contribution in [0.3, 0.4) is 0 Å². The van der Waals surface area contributed by atoms with Gasteiger partial charge in [-0.25, -0.2) is 9.64 Å². The molecule has 0 saturated heterocycles. The number of aromatic carboxylic acids is 1. The fourth-order valence-electron chi connectivity index (χ4n) is 0.969. The molecule has 0 spiro atoms. The highest BCUT2D eigenvalue weighted by atomic mass is 16.4. The second-order valence-electron chi connectivity index (χ2n) is 2.40. The van der Waals surface area contributed by atoms with E-state index in [-0.39, 0.29) is 5.56 Å². The molecule has 66 valence electrons. The number of anilines is 1. The van der Waals surface area contributed by atoms with E-state index in [1.165, 1.54) is 12.1 Å². The molecule has 0 aliphatic carbocycles. The topological polar surface area (TPSA) is 53.7 Å². The minimum Gasteiger partial charge on any atom is -0.478 e. The minimum atomic E-state index is -1.02. The van der Waals surface area contributed by atoms with Gasteiger partial charge in [-0.3, -0.25) is 0 Å². The van der Waals surface area contributed by atoms with Crippen LogP contribution in [0.2, 0.25) is 0 Å². The van der Waals surface area contributed by atoms with Crippen LogP contribution in [0, 0.1) is 6.57 Å². The van der Waals surface area contributed by atoms with Crippen LogP contribution in [0.15, 0.2) is 18.2 Å². The van der Waals surface area contributed by atoms with Gasteiger partial charge in [-0.05, 0) is 18.2 Å². The largest absolute Gasteiger partial charge is 0.478 e. The minimum absolute atomic E-state index is 0.130. The van der Waals surface area contributed by atoms with E-state index in [9.17, 15) is 4.79 Å². The molecule has 1 rings (SSSR count). The van der Waals surface area contributed by atoms with E-state index in [2.05, 4.69) is 10.2 Å². The Kier molecular flexibility index (Phi) is 2.50. The molecule has 0 saturated carbocycles. The van der Waals surface area contributed by atoms with Gasteiger partial charge in [-0.15, -0.1) is 0 Å². The van der Waals surface area contributed by atoms with Crippen molar-refractivity contribution in [2.45, 2.75) is 0 Å². The molecule has 4 nitrogen and oxygen atoms in total. The van der Waals surface area contributed by atoms with Gasteiger partial charge in [0.05, 0.1) is 6.57 Å². The highest BCUT2D eigenvalue weighted by Crippen LogP contribution is 2.25. The summed E-state index contributed by atoms with van der Waals surface area (Å²) >= 11 is 0. The molecule has 1 aromatic rings. The molecule has 0 atom stereocenters. The van der Waals surface area contributed by atoms with Crippen LogP contribution in [0.1, 0.15) is 10.4 Å². The SMILES string of the molecule is [C-]#[N+]c1cc(C(=O)O)ccc1NC. The molecule has 0 unspecified atom stereocenters. The first-order valence-electron chi connectivity index (χ1n) is 3.61. The molecular weight excluding hydrogens is 168 g/mol. The zero-order chi connectivity index (χ0) is 9.84. The molecule has 0 heterocycles. The summed E-state index contributed by atoms with van der Waals surface area (Å²) in [5, 5.41) is 11.5. The molecule has 0 aliphatic heterocycles. The average molecular weight is 176 g/mol. The van der Waals surface area contributed by atoms with Crippen LogP contribution < -0.4 is 5.32 Å². The van der Waals surface area contributed by atoms with Crippen molar-refractivity contribution in [3.8, 4) is 0 Å². The third-order valence-corrected chi connectivity index (χ3v) is 1.63. The third kappa shape index (κ3) is 1.76. The summed E-state index contributed by atoms with van der Waals surface area (Å²) in [7, 11) is 1.68. The Morgan fingerprint density at radius 3 is 2.77 bits per heavy atom. The van der Waals surface area contributed by atoms with Gasteiger partial charge in [0.25, 0.3) is 0 Å². The third-order valence-electron chi connectivity index (χ3n) is 1.63. The summed E-state index contributed by atoms with van der Waals surface area (Å²) in [6.45, 7) is 6.82. The fraction of sp³-hybridized carbons (Fsp3) is 0.111. The fourth-order valence-corrected chi connectivity index (χ4v) is 0.969. The van der Waals surface area contributed by atoms with Crippen LogP contribution in [-0.4, -0.2) is 18.1 Å². The van der Waals surface area contributed by atoms with Crippen molar-refractivity contribution in [3.05, 3.63) is 35.2 Å². The summed E-state index contributed by atoms with van der Waals surface area (Å²) < 4.78 is 0. The summed E-state index contributed by atoms with van der Waals surface area (Å²) in [6, 6.07) is 4.39. The first-order chi connectivity index (χ1) is 6.19. The lowest BCUT2D eigenvalue weighted by Crippen LogP contribution is -1.96. The van der Waals surface area contributed by atoms with Crippen molar-refractivity contribution in [3.63, 3.8) is 0 Å². The maximum atomic E-state index is 10.5. The van der Waals surface area contributed by atoms with E-state index in [4.69, 9.17) is 11.7 Å². The number of benzene rings is 1. The monoisotopic (exact) mass is 176 g/mol. The van der Waals surface area contributed by atoms with Gasteiger partial charge in [-0.1, -0.05) is 0 Å². The molecule has 0 aromatic heterocycles. The number of carboxylic acids is 1. The van der Waals surface area contributed by atoms with Crippen LogP contribution in [0.5, 0.6) is 0 Å². The lowest BCUT2D eigenvalue weighted by Gasteiger charge is -2.03. The molecular formula is C9H8N2O2. The number of carbonyl (C=O) groups is 1. The number of carboxylic acid groups (broad SMARTS) is 1. The molecule has 2 N–H and O–H groups in total. The number of nitrogens with zero attached hydrogens (tertiary/aromatic N) is 1. The van der Waals surface area contributed by atoms with Crippen molar-refractivity contribution in [2.24, 2.45) is 0 Å². The van der Waals surface area contributed by atoms with Crippen LogP contribution in [0.4, 0.5) is 11.4 Å². The van der Waals surface area contributed by atoms with Gasteiger partial charge in [0, 0.05) is 18.3 Å². The van der Waals surface area contributed by atoms with Crippen molar-refractivity contribution >= 4 is 17.3 Å². The van der Waals surface area contributed by atoms with E-state index in [0.717, 1.165) is 0 Å². The van der Waals surface area contributed by atoms with Gasteiger partial charge in [0.15, 0.2) is 0 Å². The quantitative estimate of drug-likeness (QED) is 0.677. The van der Waals surface area contributed by atoms with Crippen LogP contribution >= 0.6 is 0 Å². The Bertz CT molecular complexity index is 380. The molecule has 0 bridgehead atoms. The smallest absolute Gasteiger partial charge is 0.334 e. The number of hydrogen-bond acceptors (Lipinski definition) is 2. The molecule has 13 heavy (non-hydrogen) atoms. The van der Waals surface area contributed by atoms with Crippen molar-refractivity contribution in [1.82, 2.24) is 0 Å². The molecule has 1 aromatic carbocycles. The second kappa shape index (κ2) is 3.59. The van der Waals surface area contributed by atoms with Gasteiger partial charge in [-0.2, -0.15) is 0 Å². The van der Waals surface area contributed by atoms with Crippen molar-refractivity contribution in [1.29, 1.82) is 0 Å². The Morgan fingerprint density at radius 1 is 1.62 bits per heavy atom. The maximum Gasteiger partial charge on any atom is 0.334 e. The van der Waals surface area contributed by atoms with Crippen molar-refractivity contribution in [2.75, 3.05) is 12.4 Å². The maximum absolute atomic E-state index is 10.5. The van der Waals surface area contributed by atoms with E-state index in [1.807, 2.05) is 0 Å². The van der Waals surface area contributed by atoms with Crippen LogP contribution in [0.25, 0.3) is 4.85 Å². The van der Waals surface area contributed by atoms with Gasteiger partial charge in [0.2, 0.25) is 5.69 Å². The normalized spacial score (nSPS) is 8.92. The number of hydrogen-bond donors (Lipinski definition) is 2. The zero-order valence-electron chi connectivity index (χ0n) is 7.03. The van der Waals surface area contributed by atoms with E-state index >= 15 is 0 Å². The second-order valence-corrected chi connectivity index (χ2v) is 2.40. The predicted octanol–water partition coefficient (Wildman–Crippen LogP) is 1.98. The van der Waals surface area contributed by atoms with E-state index < -0.39 is 5.97 Å². The first-order valence-corrected chi connectivity index (χ1v) is 3.61. The number of nitrogens with one attached hydrogen (secondary N) is 1. The lowest BCUT2D eigenvalue weighted by atomic mass is 10.2. The predicted molar refractivity (Wildman–Crippen MR) is 49.2 cm³/mol. The molecule has 0 fully saturated rings. The molecule has 0 amide bonds. The Labute approximate surface area is 75.6 Å². The zero-order valence-corrected chi connectivity index (χ0v) is 7.03. The molecule has 0 aliphatic rings. The molecule has 4 heteroatoms. The van der Waals surface area contributed by atoms with Gasteiger partial charge in [0.1, 0.15) is 0 Å². The average Bonchev–Trinajstić information content (AvgIpc) is 2.16. The Morgan fingerprint density at radius 2 is 2.31 bits per heavy atom. The highest BCUT2D eigenvalue weighted by molar-refractivity contribution is 5.90. The van der Waals surface area contributed by atoms with E-state index in [0.29, 0.717) is 11.4 Å². The van der Waals surface area contributed by atoms with E-state index in [1.54, 1.807) is 13.1 Å². The van der Waals surface area contributed by atoms with Crippen molar-refractivity contribution < 1.29 is 9.90 Å². The summed E-state index contributed by atoms with van der Waals surface area (Å²) in [4.78, 5) is 13.8. The summed E-state index contributed by atoms with van der Waals surface area (Å²) in [6.07, 6.45) is 0. The molecule has 0 radical (unpaired) electrons. The number of rotatable bonds is 2. The van der Waals surface area contributed by atoms with Gasteiger partial charge < -0.3 is 10.4 Å². The first kappa shape index (κ1) is 9.07. The Hall–Kier alpha value is -2.02.